The van der Waals surface area contributed by atoms with Crippen LogP contribution in [0.5, 0.6) is 0 Å². The van der Waals surface area contributed by atoms with E-state index in [1.165, 1.54) is 0 Å². The van der Waals surface area contributed by atoms with E-state index in [4.69, 9.17) is 4.42 Å². The number of aromatic nitrogens is 4. The molecule has 0 spiro atoms. The van der Waals surface area contributed by atoms with Gasteiger partial charge in [0.2, 0.25) is 5.89 Å². The largest absolute Gasteiger partial charge is 0.444 e. The van der Waals surface area contributed by atoms with Crippen molar-refractivity contribution in [2.75, 3.05) is 0 Å². The van der Waals surface area contributed by atoms with E-state index in [2.05, 4.69) is 42.9 Å². The van der Waals surface area contributed by atoms with Crippen molar-refractivity contribution < 1.29 is 4.42 Å². The summed E-state index contributed by atoms with van der Waals surface area (Å²) in [7, 11) is 0. The Kier molecular flexibility index (Phi) is 4.26. The van der Waals surface area contributed by atoms with Crippen molar-refractivity contribution in [3.63, 3.8) is 0 Å². The lowest BCUT2D eigenvalue weighted by Gasteiger charge is -2.14. The summed E-state index contributed by atoms with van der Waals surface area (Å²) in [4.78, 5) is 4.42. The molecule has 0 aliphatic heterocycles. The first-order valence-corrected chi connectivity index (χ1v) is 8.41. The highest BCUT2D eigenvalue weighted by Gasteiger charge is 2.23. The van der Waals surface area contributed by atoms with Crippen molar-refractivity contribution >= 4 is 11.8 Å². The normalized spacial score (nSPS) is 13.2. The van der Waals surface area contributed by atoms with Crippen LogP contribution in [-0.4, -0.2) is 19.7 Å². The lowest BCUT2D eigenvalue weighted by atomic mass is 9.94. The van der Waals surface area contributed by atoms with Gasteiger partial charge in [-0.05, 0) is 19.1 Å². The van der Waals surface area contributed by atoms with Crippen LogP contribution in [0.15, 0.2) is 52.4 Å². The van der Waals surface area contributed by atoms with Crippen LogP contribution in [0.2, 0.25) is 0 Å². The highest BCUT2D eigenvalue weighted by Crippen LogP contribution is 2.35. The van der Waals surface area contributed by atoms with Gasteiger partial charge in [-0.3, -0.25) is 4.57 Å². The summed E-state index contributed by atoms with van der Waals surface area (Å²) in [6.45, 7) is 8.40. The molecule has 3 rings (SSSR count). The molecule has 1 atom stereocenters. The zero-order valence-corrected chi connectivity index (χ0v) is 14.5. The Morgan fingerprint density at radius 1 is 1.17 bits per heavy atom. The van der Waals surface area contributed by atoms with Crippen LogP contribution in [-0.2, 0) is 5.41 Å². The van der Waals surface area contributed by atoms with Crippen LogP contribution in [0.3, 0.4) is 0 Å². The summed E-state index contributed by atoms with van der Waals surface area (Å²) in [6.07, 6.45) is 3.54. The third-order valence-corrected chi connectivity index (χ3v) is 4.49. The predicted octanol–water partition coefficient (Wildman–Crippen LogP) is 4.41. The second-order valence-corrected chi connectivity index (χ2v) is 7.70. The van der Waals surface area contributed by atoms with Crippen LogP contribution in [0.25, 0.3) is 5.69 Å². The predicted molar refractivity (Wildman–Crippen MR) is 90.8 cm³/mol. The Morgan fingerprint density at radius 2 is 1.91 bits per heavy atom. The van der Waals surface area contributed by atoms with Crippen molar-refractivity contribution in [3.05, 3.63) is 54.5 Å². The lowest BCUT2D eigenvalue weighted by Crippen LogP contribution is -2.09. The molecule has 0 aliphatic rings. The fourth-order valence-corrected chi connectivity index (χ4v) is 2.99. The zero-order valence-electron chi connectivity index (χ0n) is 13.7. The fraction of sp³-hybridized carbons (Fsp3) is 0.353. The minimum absolute atomic E-state index is 0.0420. The molecule has 3 aromatic rings. The van der Waals surface area contributed by atoms with Gasteiger partial charge in [0.25, 0.3) is 0 Å². The van der Waals surface area contributed by atoms with Crippen molar-refractivity contribution in [2.45, 2.75) is 43.5 Å². The summed E-state index contributed by atoms with van der Waals surface area (Å²) < 4.78 is 7.88. The van der Waals surface area contributed by atoms with E-state index in [-0.39, 0.29) is 10.7 Å². The fourth-order valence-electron chi connectivity index (χ4n) is 2.10. The molecule has 0 fully saturated rings. The number of hydrogen-bond acceptors (Lipinski definition) is 5. The first kappa shape index (κ1) is 15.8. The Labute approximate surface area is 140 Å². The molecular weight excluding hydrogens is 308 g/mol. The van der Waals surface area contributed by atoms with E-state index in [1.54, 1.807) is 18.1 Å². The highest BCUT2D eigenvalue weighted by molar-refractivity contribution is 7.99. The highest BCUT2D eigenvalue weighted by atomic mass is 32.2. The molecular formula is C17H20N4OS. The second-order valence-electron chi connectivity index (χ2n) is 6.39. The molecule has 0 amide bonds. The standard InChI is InChI=1S/C17H20N4OS/c1-12(15-18-10-14(22-15)17(2,3)4)23-16-20-19-11-21(16)13-8-6-5-7-9-13/h5-12H,1-4H3/t12-/m0/s1. The van der Waals surface area contributed by atoms with Gasteiger partial charge in [0.15, 0.2) is 5.16 Å². The maximum absolute atomic E-state index is 5.91. The maximum Gasteiger partial charge on any atom is 0.207 e. The van der Waals surface area contributed by atoms with E-state index >= 15 is 0 Å². The minimum atomic E-state index is -0.0420. The number of rotatable bonds is 4. The minimum Gasteiger partial charge on any atom is -0.444 e. The van der Waals surface area contributed by atoms with Crippen molar-refractivity contribution in [3.8, 4) is 5.69 Å². The monoisotopic (exact) mass is 328 g/mol. The Balaban J connectivity index is 1.80. The molecule has 2 heterocycles. The van der Waals surface area contributed by atoms with E-state index in [1.807, 2.05) is 41.1 Å². The number of thioether (sulfide) groups is 1. The van der Waals surface area contributed by atoms with E-state index in [0.29, 0.717) is 5.89 Å². The Morgan fingerprint density at radius 3 is 2.57 bits per heavy atom. The van der Waals surface area contributed by atoms with Gasteiger partial charge in [-0.1, -0.05) is 50.7 Å². The molecule has 0 unspecified atom stereocenters. The van der Waals surface area contributed by atoms with Crippen LogP contribution in [0, 0.1) is 0 Å². The lowest BCUT2D eigenvalue weighted by molar-refractivity contribution is 0.383. The van der Waals surface area contributed by atoms with Gasteiger partial charge in [0.05, 0.1) is 11.4 Å². The Bertz CT molecular complexity index is 773. The molecule has 120 valence electrons. The molecule has 0 saturated carbocycles. The summed E-state index contributed by atoms with van der Waals surface area (Å²) in [5, 5.41) is 9.12. The maximum atomic E-state index is 5.91. The summed E-state index contributed by atoms with van der Waals surface area (Å²) >= 11 is 1.58. The molecule has 0 radical (unpaired) electrons. The molecule has 0 aliphatic carbocycles. The molecule has 6 heteroatoms. The van der Waals surface area contributed by atoms with E-state index < -0.39 is 0 Å². The average molecular weight is 328 g/mol. The SMILES string of the molecule is C[C@H](Sc1nncn1-c1ccccc1)c1ncc(C(C)(C)C)o1. The van der Waals surface area contributed by atoms with Crippen molar-refractivity contribution in [1.82, 2.24) is 19.7 Å². The van der Waals surface area contributed by atoms with Crippen molar-refractivity contribution in [1.29, 1.82) is 0 Å². The molecule has 2 aromatic heterocycles. The quantitative estimate of drug-likeness (QED) is 0.664. The number of oxazole rings is 1. The molecule has 5 nitrogen and oxygen atoms in total. The van der Waals surface area contributed by atoms with Gasteiger partial charge in [-0.25, -0.2) is 4.98 Å². The number of hydrogen-bond donors (Lipinski definition) is 0. The van der Waals surface area contributed by atoms with Crippen LogP contribution in [0.4, 0.5) is 0 Å². The van der Waals surface area contributed by atoms with Gasteiger partial charge in [0, 0.05) is 11.1 Å². The smallest absolute Gasteiger partial charge is 0.207 e. The molecule has 1 aromatic carbocycles. The van der Waals surface area contributed by atoms with Crippen molar-refractivity contribution in [2.24, 2.45) is 0 Å². The van der Waals surface area contributed by atoms with Gasteiger partial charge in [-0.15, -0.1) is 10.2 Å². The molecule has 0 saturated heterocycles. The molecule has 23 heavy (non-hydrogen) atoms. The summed E-state index contributed by atoms with van der Waals surface area (Å²) in [5.74, 6) is 1.60. The Hall–Kier alpha value is -2.08. The first-order chi connectivity index (χ1) is 10.9. The van der Waals surface area contributed by atoms with Gasteiger partial charge < -0.3 is 4.42 Å². The van der Waals surface area contributed by atoms with Crippen LogP contribution < -0.4 is 0 Å². The van der Waals surface area contributed by atoms with Gasteiger partial charge in [0.1, 0.15) is 12.1 Å². The number of benzene rings is 1. The topological polar surface area (TPSA) is 56.7 Å². The summed E-state index contributed by atoms with van der Waals surface area (Å²) in [6, 6.07) is 10.0. The van der Waals surface area contributed by atoms with Gasteiger partial charge >= 0.3 is 0 Å². The average Bonchev–Trinajstić information content (AvgIpc) is 3.16. The third-order valence-electron chi connectivity index (χ3n) is 3.44. The molecule has 0 bridgehead atoms. The van der Waals surface area contributed by atoms with Crippen LogP contribution >= 0.6 is 11.8 Å². The second kappa shape index (κ2) is 6.20. The molecule has 0 N–H and O–H groups in total. The number of para-hydroxylation sites is 1. The van der Waals surface area contributed by atoms with E-state index in [9.17, 15) is 0 Å². The van der Waals surface area contributed by atoms with Crippen LogP contribution in [0.1, 0.15) is 44.6 Å². The summed E-state index contributed by atoms with van der Waals surface area (Å²) in [5.41, 5.74) is 0.995. The van der Waals surface area contributed by atoms with E-state index in [0.717, 1.165) is 16.6 Å². The first-order valence-electron chi connectivity index (χ1n) is 7.53. The van der Waals surface area contributed by atoms with Gasteiger partial charge in [-0.2, -0.15) is 0 Å². The number of nitrogens with zero attached hydrogens (tertiary/aromatic N) is 4. The third kappa shape index (κ3) is 3.47. The zero-order chi connectivity index (χ0) is 16.4.